The van der Waals surface area contributed by atoms with Gasteiger partial charge in [0, 0.05) is 17.2 Å². The maximum atomic E-state index is 12.3. The molecule has 144 valence electrons. The molecule has 27 heavy (non-hydrogen) atoms. The highest BCUT2D eigenvalue weighted by Gasteiger charge is 2.16. The number of fused-ring (bicyclic) bond motifs is 1. The molecule has 6 heteroatoms. The second kappa shape index (κ2) is 8.65. The molecule has 0 aliphatic rings. The van der Waals surface area contributed by atoms with Crippen LogP contribution in [-0.2, 0) is 17.3 Å². The lowest BCUT2D eigenvalue weighted by Crippen LogP contribution is -2.05. The largest absolute Gasteiger partial charge is 0.382 e. The molecule has 0 aliphatic carbocycles. The van der Waals surface area contributed by atoms with Gasteiger partial charge in [0.15, 0.2) is 5.82 Å². The van der Waals surface area contributed by atoms with E-state index < -0.39 is 10.8 Å². The van der Waals surface area contributed by atoms with Crippen molar-refractivity contribution >= 4 is 27.7 Å². The Morgan fingerprint density at radius 1 is 1.15 bits per heavy atom. The second-order valence-corrected chi connectivity index (χ2v) is 8.79. The van der Waals surface area contributed by atoms with Gasteiger partial charge in [-0.05, 0) is 43.4 Å². The van der Waals surface area contributed by atoms with Gasteiger partial charge in [0.1, 0.15) is 5.52 Å². The third kappa shape index (κ3) is 4.38. The molecule has 1 aromatic carbocycles. The number of anilines is 1. The molecule has 0 saturated carbocycles. The predicted octanol–water partition coefficient (Wildman–Crippen LogP) is 4.42. The lowest BCUT2D eigenvalue weighted by Gasteiger charge is -2.13. The number of aromatic nitrogens is 3. The van der Waals surface area contributed by atoms with E-state index in [0.717, 1.165) is 53.0 Å². The normalized spacial score (nSPS) is 12.7. The molecule has 0 radical (unpaired) electrons. The highest BCUT2D eigenvalue weighted by molar-refractivity contribution is 7.85. The Bertz CT molecular complexity index is 934. The Balaban J connectivity index is 1.60. The fourth-order valence-electron chi connectivity index (χ4n) is 3.46. The Morgan fingerprint density at radius 2 is 1.89 bits per heavy atom. The Kier molecular flexibility index (Phi) is 6.26. The van der Waals surface area contributed by atoms with Crippen molar-refractivity contribution in [3.63, 3.8) is 0 Å². The summed E-state index contributed by atoms with van der Waals surface area (Å²) in [5.41, 5.74) is 10.2. The van der Waals surface area contributed by atoms with Crippen LogP contribution in [0.4, 0.5) is 5.82 Å². The molecule has 3 rings (SSSR count). The monoisotopic (exact) mass is 384 g/mol. The van der Waals surface area contributed by atoms with Crippen LogP contribution in [0.5, 0.6) is 0 Å². The van der Waals surface area contributed by atoms with Crippen LogP contribution in [0.2, 0.25) is 0 Å². The van der Waals surface area contributed by atoms with E-state index in [2.05, 4.69) is 35.3 Å². The smallest absolute Gasteiger partial charge is 0.151 e. The minimum atomic E-state index is -0.905. The van der Waals surface area contributed by atoms with Crippen molar-refractivity contribution in [2.75, 3.05) is 11.5 Å². The minimum absolute atomic E-state index is 0.327. The van der Waals surface area contributed by atoms with Crippen LogP contribution in [0, 0.1) is 6.92 Å². The highest BCUT2D eigenvalue weighted by atomic mass is 32.2. The number of unbranched alkanes of at least 4 members (excludes halogenated alkanes) is 2. The zero-order valence-corrected chi connectivity index (χ0v) is 17.1. The minimum Gasteiger partial charge on any atom is -0.382 e. The van der Waals surface area contributed by atoms with Crippen LogP contribution in [-0.4, -0.2) is 24.5 Å². The van der Waals surface area contributed by atoms with Gasteiger partial charge < -0.3 is 10.3 Å². The van der Waals surface area contributed by atoms with E-state index in [1.54, 1.807) is 0 Å². The van der Waals surface area contributed by atoms with Crippen LogP contribution in [0.25, 0.3) is 11.0 Å². The van der Waals surface area contributed by atoms with Gasteiger partial charge in [-0.3, -0.25) is 4.21 Å². The van der Waals surface area contributed by atoms with Crippen LogP contribution in [0.15, 0.2) is 41.6 Å². The van der Waals surface area contributed by atoms with Crippen molar-refractivity contribution in [3.8, 4) is 0 Å². The number of nitrogens with two attached hydrogens (primary N) is 1. The van der Waals surface area contributed by atoms with Crippen molar-refractivity contribution in [3.05, 3.63) is 47.9 Å². The number of aryl methyl sites for hydroxylation is 2. The van der Waals surface area contributed by atoms with Gasteiger partial charge in [-0.2, -0.15) is 0 Å². The molecule has 0 bridgehead atoms. The maximum absolute atomic E-state index is 12.3. The van der Waals surface area contributed by atoms with E-state index in [4.69, 9.17) is 5.73 Å². The summed E-state index contributed by atoms with van der Waals surface area (Å²) in [6.45, 7) is 7.25. The number of nitrogen functional groups attached to an aromatic ring is 1. The predicted molar refractivity (Wildman–Crippen MR) is 112 cm³/mol. The average Bonchev–Trinajstić information content (AvgIpc) is 3.09. The molecule has 2 aromatic heterocycles. The second-order valence-electron chi connectivity index (χ2n) is 7.22. The fraction of sp³-hybridized carbons (Fsp3) is 0.429. The lowest BCUT2D eigenvalue weighted by molar-refractivity contribution is 0.610. The summed E-state index contributed by atoms with van der Waals surface area (Å²) in [6, 6.07) is 9.69. The molecule has 1 unspecified atom stereocenters. The highest BCUT2D eigenvalue weighted by Crippen LogP contribution is 2.28. The summed E-state index contributed by atoms with van der Waals surface area (Å²) in [5.74, 6) is 1.55. The van der Waals surface area contributed by atoms with Crippen LogP contribution in [0.1, 0.15) is 50.3 Å². The molecule has 5 nitrogen and oxygen atoms in total. The maximum Gasteiger partial charge on any atom is 0.151 e. The topological polar surface area (TPSA) is 73.8 Å². The summed E-state index contributed by atoms with van der Waals surface area (Å²) >= 11 is 0. The molecule has 3 aromatic rings. The Labute approximate surface area is 163 Å². The summed E-state index contributed by atoms with van der Waals surface area (Å²) < 4.78 is 14.5. The zero-order valence-electron chi connectivity index (χ0n) is 16.3. The average molecular weight is 385 g/mol. The van der Waals surface area contributed by atoms with Crippen LogP contribution >= 0.6 is 0 Å². The summed E-state index contributed by atoms with van der Waals surface area (Å²) in [6.07, 6.45) is 4.88. The third-order valence-corrected chi connectivity index (χ3v) is 6.30. The van der Waals surface area contributed by atoms with Crippen molar-refractivity contribution in [1.82, 2.24) is 14.5 Å². The van der Waals surface area contributed by atoms with E-state index in [-0.39, 0.29) is 0 Å². The first kappa shape index (κ1) is 19.5. The number of pyridine rings is 1. The van der Waals surface area contributed by atoms with Crippen molar-refractivity contribution < 1.29 is 4.21 Å². The number of rotatable bonds is 8. The summed E-state index contributed by atoms with van der Waals surface area (Å²) in [4.78, 5) is 9.93. The first-order valence-electron chi connectivity index (χ1n) is 9.53. The summed E-state index contributed by atoms with van der Waals surface area (Å²) in [7, 11) is -0.905. The SMILES string of the molecule is Cc1c(C(C)C)nc(N)c2ncn(CCCCCS(=O)c3ccccc3)c12. The molecule has 0 saturated heterocycles. The van der Waals surface area contributed by atoms with E-state index >= 15 is 0 Å². The van der Waals surface area contributed by atoms with E-state index in [1.807, 2.05) is 36.7 Å². The number of nitrogens with zero attached hydrogens (tertiary/aromatic N) is 3. The Hall–Kier alpha value is -2.21. The van der Waals surface area contributed by atoms with Gasteiger partial charge in [-0.1, -0.05) is 38.5 Å². The molecule has 0 aliphatic heterocycles. The fourth-order valence-corrected chi connectivity index (χ4v) is 4.63. The first-order valence-corrected chi connectivity index (χ1v) is 10.8. The molecule has 0 spiro atoms. The molecular weight excluding hydrogens is 356 g/mol. The molecule has 1 atom stereocenters. The number of benzene rings is 1. The van der Waals surface area contributed by atoms with Crippen molar-refractivity contribution in [1.29, 1.82) is 0 Å². The van der Waals surface area contributed by atoms with Gasteiger partial charge in [-0.25, -0.2) is 9.97 Å². The summed E-state index contributed by atoms with van der Waals surface area (Å²) in [5, 5.41) is 0. The van der Waals surface area contributed by atoms with E-state index in [0.29, 0.717) is 17.5 Å². The van der Waals surface area contributed by atoms with E-state index in [1.165, 1.54) is 0 Å². The molecule has 0 fully saturated rings. The first-order chi connectivity index (χ1) is 13.0. The van der Waals surface area contributed by atoms with Crippen LogP contribution in [0.3, 0.4) is 0 Å². The third-order valence-electron chi connectivity index (χ3n) is 4.84. The number of imidazole rings is 1. The van der Waals surface area contributed by atoms with Gasteiger partial charge in [0.2, 0.25) is 0 Å². The molecule has 0 amide bonds. The Morgan fingerprint density at radius 3 is 2.59 bits per heavy atom. The van der Waals surface area contributed by atoms with Gasteiger partial charge in [-0.15, -0.1) is 0 Å². The van der Waals surface area contributed by atoms with Crippen molar-refractivity contribution in [2.24, 2.45) is 0 Å². The zero-order chi connectivity index (χ0) is 19.4. The number of hydrogen-bond donors (Lipinski definition) is 1. The lowest BCUT2D eigenvalue weighted by atomic mass is 10.0. The quantitative estimate of drug-likeness (QED) is 0.583. The van der Waals surface area contributed by atoms with E-state index in [9.17, 15) is 4.21 Å². The van der Waals surface area contributed by atoms with Crippen LogP contribution < -0.4 is 5.73 Å². The van der Waals surface area contributed by atoms with Gasteiger partial charge >= 0.3 is 0 Å². The number of hydrogen-bond acceptors (Lipinski definition) is 4. The standard InChI is InChI=1S/C21H28N4OS/c1-15(2)18-16(3)20-19(21(22)24-18)23-14-25(20)12-8-5-9-13-27(26)17-10-6-4-7-11-17/h4,6-7,10-11,14-15H,5,8-9,12-13H2,1-3H3,(H2,22,24). The van der Waals surface area contributed by atoms with Gasteiger partial charge in [0.05, 0.1) is 28.3 Å². The molecule has 2 heterocycles. The molecular formula is C21H28N4OS. The van der Waals surface area contributed by atoms with Gasteiger partial charge in [0.25, 0.3) is 0 Å². The molecule has 2 N–H and O–H groups in total. The van der Waals surface area contributed by atoms with Crippen molar-refractivity contribution in [2.45, 2.75) is 57.4 Å².